The number of aromatic nitrogens is 2. The Kier molecular flexibility index (Phi) is 20.7. The lowest BCUT2D eigenvalue weighted by atomic mass is 10.3. The van der Waals surface area contributed by atoms with Crippen molar-refractivity contribution in [3.8, 4) is 5.75 Å². The number of rotatable bonds is 10. The van der Waals surface area contributed by atoms with Gasteiger partial charge in [-0.15, -0.1) is 10.2 Å². The Morgan fingerprint density at radius 2 is 1.94 bits per heavy atom. The molecular formula is C24H36BrN5O5S. The fraction of sp³-hybridized carbons (Fsp3) is 0.375. The van der Waals surface area contributed by atoms with Gasteiger partial charge >= 0.3 is 5.63 Å². The third-order valence-corrected chi connectivity index (χ3v) is 4.67. The van der Waals surface area contributed by atoms with E-state index in [9.17, 15) is 9.59 Å². The molecule has 10 nitrogen and oxygen atoms in total. The van der Waals surface area contributed by atoms with Crippen LogP contribution in [-0.2, 0) is 4.74 Å². The predicted molar refractivity (Wildman–Crippen MR) is 152 cm³/mol. The molecule has 200 valence electrons. The zero-order chi connectivity index (χ0) is 28.1. The molecule has 36 heavy (non-hydrogen) atoms. The Morgan fingerprint density at radius 1 is 1.31 bits per heavy atom. The molecule has 1 N–H and O–H groups in total. The van der Waals surface area contributed by atoms with Gasteiger partial charge in [-0.2, -0.15) is 5.10 Å². The SMILES string of the molecule is C=C/C=C/C.C=NN(C(=C)C)c1nnc(NC(=O)c2cc(Br)c(OCCOC)c(=O)o2)s1.CC.CC. The predicted octanol–water partition coefficient (Wildman–Crippen LogP) is 6.29. The van der Waals surface area contributed by atoms with Gasteiger partial charge in [0.25, 0.3) is 5.91 Å². The number of anilines is 2. The van der Waals surface area contributed by atoms with Gasteiger partial charge in [-0.1, -0.05) is 70.4 Å². The maximum absolute atomic E-state index is 12.3. The molecule has 2 rings (SSSR count). The molecule has 0 bridgehead atoms. The first-order chi connectivity index (χ1) is 17.3. The molecule has 0 radical (unpaired) electrons. The van der Waals surface area contributed by atoms with Crippen molar-refractivity contribution in [3.05, 3.63) is 63.8 Å². The van der Waals surface area contributed by atoms with E-state index in [0.717, 1.165) is 11.3 Å². The first-order valence-electron chi connectivity index (χ1n) is 11.0. The normalized spacial score (nSPS) is 9.33. The van der Waals surface area contributed by atoms with Crippen LogP contribution in [0, 0.1) is 0 Å². The molecule has 0 atom stereocenters. The van der Waals surface area contributed by atoms with Crippen molar-refractivity contribution in [2.75, 3.05) is 30.6 Å². The number of hydrazone groups is 1. The average Bonchev–Trinajstić information content (AvgIpc) is 3.32. The van der Waals surface area contributed by atoms with Crippen molar-refractivity contribution in [2.24, 2.45) is 5.10 Å². The van der Waals surface area contributed by atoms with Crippen LogP contribution in [0.4, 0.5) is 10.3 Å². The number of carbonyl (C=O) groups is 1. The molecular weight excluding hydrogens is 550 g/mol. The number of hydrogen-bond acceptors (Lipinski definition) is 10. The largest absolute Gasteiger partial charge is 0.483 e. The lowest BCUT2D eigenvalue weighted by Crippen LogP contribution is -2.17. The number of halogens is 1. The number of hydrogen-bond donors (Lipinski definition) is 1. The Bertz CT molecular complexity index is 1040. The van der Waals surface area contributed by atoms with Crippen LogP contribution >= 0.6 is 27.3 Å². The van der Waals surface area contributed by atoms with Crippen LogP contribution in [0.1, 0.15) is 52.1 Å². The molecule has 2 aromatic heterocycles. The minimum atomic E-state index is -0.798. The van der Waals surface area contributed by atoms with Gasteiger partial charge in [0.15, 0.2) is 5.76 Å². The second-order valence-corrected chi connectivity index (χ2v) is 7.52. The first-order valence-corrected chi connectivity index (χ1v) is 12.7. The molecule has 2 heterocycles. The third-order valence-electron chi connectivity index (χ3n) is 3.27. The molecule has 0 aliphatic carbocycles. The molecule has 0 fully saturated rings. The highest BCUT2D eigenvalue weighted by Crippen LogP contribution is 2.27. The Balaban J connectivity index is 0. The van der Waals surface area contributed by atoms with Crippen molar-refractivity contribution in [2.45, 2.75) is 41.5 Å². The standard InChI is InChI=1S/C15H16BrN5O5S.C5H8.2C2H6/c1-8(2)21(17-3)15-20-19-14(27-15)18-12(22)10-7-9(16)11(13(23)26-10)25-6-5-24-4;1-3-5-4-2;2*1-2/h7H,1,3,5-6H2,2,4H3,(H,18,19,22);3-5H,1H2,2H3;2*1-2H3/b;5-4+;;. The molecule has 12 heteroatoms. The van der Waals surface area contributed by atoms with Gasteiger partial charge in [0.1, 0.15) is 6.61 Å². The number of nitrogens with one attached hydrogen (secondary N) is 1. The lowest BCUT2D eigenvalue weighted by molar-refractivity contribution is 0.0989. The van der Waals surface area contributed by atoms with E-state index >= 15 is 0 Å². The fourth-order valence-corrected chi connectivity index (χ4v) is 3.18. The zero-order valence-electron chi connectivity index (χ0n) is 22.0. The highest BCUT2D eigenvalue weighted by molar-refractivity contribution is 9.10. The van der Waals surface area contributed by atoms with Crippen LogP contribution in [0.25, 0.3) is 0 Å². The van der Waals surface area contributed by atoms with Gasteiger partial charge in [0.05, 0.1) is 11.1 Å². The van der Waals surface area contributed by atoms with Crippen molar-refractivity contribution >= 4 is 50.2 Å². The van der Waals surface area contributed by atoms with Crippen LogP contribution in [0.2, 0.25) is 0 Å². The summed E-state index contributed by atoms with van der Waals surface area (Å²) in [6, 6.07) is 1.33. The van der Waals surface area contributed by atoms with Crippen molar-refractivity contribution in [3.63, 3.8) is 0 Å². The summed E-state index contributed by atoms with van der Waals surface area (Å²) >= 11 is 4.23. The quantitative estimate of drug-likeness (QED) is 0.149. The summed E-state index contributed by atoms with van der Waals surface area (Å²) in [4.78, 5) is 24.3. The Hall–Kier alpha value is -3.09. The summed E-state index contributed by atoms with van der Waals surface area (Å²) in [5.74, 6) is -0.940. The van der Waals surface area contributed by atoms with Crippen LogP contribution in [0.5, 0.6) is 5.75 Å². The van der Waals surface area contributed by atoms with Crippen LogP contribution in [-0.4, -0.2) is 43.1 Å². The summed E-state index contributed by atoms with van der Waals surface area (Å²) in [5.41, 5.74) is -0.217. The molecule has 1 amide bonds. The maximum atomic E-state index is 12.3. The van der Waals surface area contributed by atoms with E-state index in [1.807, 2.05) is 46.8 Å². The van der Waals surface area contributed by atoms with Crippen LogP contribution in [0.15, 0.2) is 61.9 Å². The number of ether oxygens (including phenoxy) is 2. The van der Waals surface area contributed by atoms with Crippen LogP contribution in [0.3, 0.4) is 0 Å². The van der Waals surface area contributed by atoms with Gasteiger partial charge < -0.3 is 13.9 Å². The summed E-state index contributed by atoms with van der Waals surface area (Å²) in [7, 11) is 1.51. The topological polar surface area (TPSA) is 119 Å². The summed E-state index contributed by atoms with van der Waals surface area (Å²) in [5, 5.41) is 15.9. The third kappa shape index (κ3) is 12.6. The molecule has 0 saturated heterocycles. The second-order valence-electron chi connectivity index (χ2n) is 5.71. The smallest absolute Gasteiger partial charge is 0.380 e. The Labute approximate surface area is 225 Å². The van der Waals surface area contributed by atoms with E-state index < -0.39 is 11.5 Å². The first kappa shape index (κ1) is 35.1. The molecule has 0 unspecified atom stereocenters. The summed E-state index contributed by atoms with van der Waals surface area (Å²) < 4.78 is 15.4. The van der Waals surface area contributed by atoms with E-state index in [-0.39, 0.29) is 27.7 Å². The average molecular weight is 587 g/mol. The van der Waals surface area contributed by atoms with E-state index in [4.69, 9.17) is 13.9 Å². The van der Waals surface area contributed by atoms with Gasteiger partial charge in [0, 0.05) is 25.6 Å². The van der Waals surface area contributed by atoms with E-state index in [1.165, 1.54) is 18.2 Å². The fourth-order valence-electron chi connectivity index (χ4n) is 1.91. The molecule has 0 aliphatic heterocycles. The lowest BCUT2D eigenvalue weighted by Gasteiger charge is -2.12. The number of allylic oxidation sites excluding steroid dienone is 4. The van der Waals surface area contributed by atoms with Gasteiger partial charge in [-0.05, 0) is 29.8 Å². The summed E-state index contributed by atoms with van der Waals surface area (Å²) in [6.07, 6.45) is 5.58. The second kappa shape index (κ2) is 21.2. The highest BCUT2D eigenvalue weighted by atomic mass is 79.9. The molecule has 0 saturated carbocycles. The molecule has 0 aliphatic rings. The van der Waals surface area contributed by atoms with Gasteiger partial charge in [-0.25, -0.2) is 9.80 Å². The summed E-state index contributed by atoms with van der Waals surface area (Å²) in [6.45, 7) is 22.8. The molecule has 2 aromatic rings. The van der Waals surface area contributed by atoms with Crippen molar-refractivity contribution in [1.82, 2.24) is 10.2 Å². The maximum Gasteiger partial charge on any atom is 0.380 e. The highest BCUT2D eigenvalue weighted by Gasteiger charge is 2.19. The Morgan fingerprint density at radius 3 is 2.39 bits per heavy atom. The zero-order valence-corrected chi connectivity index (χ0v) is 24.4. The number of amides is 1. The number of carbonyl (C=O) groups excluding carboxylic acids is 1. The van der Waals surface area contributed by atoms with E-state index in [0.29, 0.717) is 17.4 Å². The van der Waals surface area contributed by atoms with Crippen molar-refractivity contribution < 1.29 is 18.7 Å². The number of methoxy groups -OCH3 is 1. The minimum absolute atomic E-state index is 0.0454. The minimum Gasteiger partial charge on any atom is -0.483 e. The number of nitrogens with zero attached hydrogens (tertiary/aromatic N) is 4. The monoisotopic (exact) mass is 585 g/mol. The van der Waals surface area contributed by atoms with Crippen LogP contribution < -0.4 is 20.7 Å². The van der Waals surface area contributed by atoms with Crippen molar-refractivity contribution in [1.29, 1.82) is 0 Å². The van der Waals surface area contributed by atoms with E-state index in [1.54, 1.807) is 13.0 Å². The van der Waals surface area contributed by atoms with E-state index in [2.05, 4.69) is 56.4 Å². The van der Waals surface area contributed by atoms with Gasteiger partial charge in [0.2, 0.25) is 16.0 Å². The molecule has 0 aromatic carbocycles. The van der Waals surface area contributed by atoms with Gasteiger partial charge in [-0.3, -0.25) is 10.1 Å². The molecule has 0 spiro atoms.